The van der Waals surface area contributed by atoms with Crippen LogP contribution >= 0.6 is 23.2 Å². The van der Waals surface area contributed by atoms with Crippen molar-refractivity contribution in [3.8, 4) is 0 Å². The molecule has 0 unspecified atom stereocenters. The van der Waals surface area contributed by atoms with Crippen LogP contribution in [0.3, 0.4) is 0 Å². The molecule has 36 heavy (non-hydrogen) atoms. The Hall–Kier alpha value is -2.77. The molecule has 0 radical (unpaired) electrons. The molecule has 0 saturated heterocycles. The van der Waals surface area contributed by atoms with Gasteiger partial charge < -0.3 is 17.0 Å². The van der Waals surface area contributed by atoms with E-state index in [0.29, 0.717) is 0 Å². The average molecular weight is 612 g/mol. The van der Waals surface area contributed by atoms with Crippen LogP contribution in [0.2, 0.25) is 0 Å². The third-order valence-electron chi connectivity index (χ3n) is 6.96. The van der Waals surface area contributed by atoms with E-state index >= 15 is 0 Å². The van der Waals surface area contributed by atoms with Crippen LogP contribution in [0, 0.1) is 0 Å². The molecule has 6 rings (SSSR count). The van der Waals surface area contributed by atoms with Crippen molar-refractivity contribution in [1.82, 2.24) is 0 Å². The lowest BCUT2D eigenvalue weighted by Gasteiger charge is -2.29. The van der Waals surface area contributed by atoms with E-state index in [2.05, 4.69) is 155 Å². The van der Waals surface area contributed by atoms with E-state index in [1.165, 1.54) is 47.5 Å². The second-order valence-electron chi connectivity index (χ2n) is 8.86. The first-order valence-electron chi connectivity index (χ1n) is 11.9. The Morgan fingerprint density at radius 2 is 0.722 bits per heavy atom. The number of hydrogen-bond acceptors (Lipinski definition) is 0. The van der Waals surface area contributed by atoms with Crippen LogP contribution in [0.4, 0.5) is 0 Å². The summed E-state index contributed by atoms with van der Waals surface area (Å²) < 4.78 is 1.18. The predicted molar refractivity (Wildman–Crippen MR) is 158 cm³/mol. The minimum atomic E-state index is -2.01. The Labute approximate surface area is 232 Å². The lowest BCUT2D eigenvalue weighted by Crippen LogP contribution is -3.00. The molecular formula is C33H25Br2P. The average Bonchev–Trinajstić information content (AvgIpc) is 2.95. The highest BCUT2D eigenvalue weighted by molar-refractivity contribution is 9.10. The molecule has 0 atom stereocenters. The molecule has 0 saturated carbocycles. The molecule has 0 spiro atoms. The fourth-order valence-electron chi connectivity index (χ4n) is 5.34. The van der Waals surface area contributed by atoms with Gasteiger partial charge in [0, 0.05) is 10.0 Å². The normalized spacial score (nSPS) is 11.4. The number of rotatable bonds is 5. The quantitative estimate of drug-likeness (QED) is 0.184. The van der Waals surface area contributed by atoms with Crippen molar-refractivity contribution in [3.63, 3.8) is 0 Å². The Balaban J connectivity index is 0.00000267. The molecule has 0 aliphatic heterocycles. The van der Waals surface area contributed by atoms with Crippen molar-refractivity contribution >= 4 is 60.7 Å². The van der Waals surface area contributed by atoms with Crippen molar-refractivity contribution < 1.29 is 17.0 Å². The smallest absolute Gasteiger partial charge is 0.116 e. The van der Waals surface area contributed by atoms with E-state index in [1.807, 2.05) is 0 Å². The van der Waals surface area contributed by atoms with E-state index < -0.39 is 7.26 Å². The zero-order chi connectivity index (χ0) is 23.7. The van der Waals surface area contributed by atoms with Gasteiger partial charge in [-0.1, -0.05) is 103 Å². The van der Waals surface area contributed by atoms with Crippen molar-refractivity contribution in [1.29, 1.82) is 0 Å². The van der Waals surface area contributed by atoms with Gasteiger partial charge in [0.1, 0.15) is 23.2 Å². The van der Waals surface area contributed by atoms with Gasteiger partial charge in [0.25, 0.3) is 0 Å². The van der Waals surface area contributed by atoms with E-state index in [4.69, 9.17) is 0 Å². The lowest BCUT2D eigenvalue weighted by molar-refractivity contribution is -0.00000649. The fourth-order valence-corrected chi connectivity index (χ4v) is 10.3. The third-order valence-corrected chi connectivity index (χ3v) is 12.1. The van der Waals surface area contributed by atoms with Crippen molar-refractivity contribution in [2.45, 2.75) is 6.16 Å². The first-order valence-corrected chi connectivity index (χ1v) is 14.7. The molecule has 0 nitrogen and oxygen atoms in total. The molecule has 0 amide bonds. The molecule has 3 heteroatoms. The maximum absolute atomic E-state index is 3.94. The topological polar surface area (TPSA) is 0 Å². The minimum absolute atomic E-state index is 0. The molecule has 0 heterocycles. The summed E-state index contributed by atoms with van der Waals surface area (Å²) in [6.45, 7) is 0. The van der Waals surface area contributed by atoms with Gasteiger partial charge in [-0.3, -0.25) is 0 Å². The Morgan fingerprint density at radius 1 is 0.417 bits per heavy atom. The zero-order valence-corrected chi connectivity index (χ0v) is 23.8. The molecule has 0 aliphatic rings. The molecule has 0 aromatic heterocycles. The van der Waals surface area contributed by atoms with Gasteiger partial charge in [-0.2, -0.15) is 0 Å². The van der Waals surface area contributed by atoms with Gasteiger partial charge in [-0.15, -0.1) is 0 Å². The van der Waals surface area contributed by atoms with Crippen molar-refractivity contribution in [3.05, 3.63) is 150 Å². The summed E-state index contributed by atoms with van der Waals surface area (Å²) in [5.41, 5.74) is 1.42. The maximum Gasteiger partial charge on any atom is 0.116 e. The Morgan fingerprint density at radius 3 is 1.08 bits per heavy atom. The lowest BCUT2D eigenvalue weighted by atomic mass is 9.98. The SMILES string of the molecule is Brc1c2ccccc2c(C[P+](c2ccccc2)(c2ccccc2)c2ccccc2)c2ccccc12.[Br-]. The highest BCUT2D eigenvalue weighted by Crippen LogP contribution is 2.59. The van der Waals surface area contributed by atoms with E-state index in [1.54, 1.807) is 0 Å². The van der Waals surface area contributed by atoms with Crippen LogP contribution in [0.15, 0.2) is 144 Å². The highest BCUT2D eigenvalue weighted by Gasteiger charge is 2.46. The monoisotopic (exact) mass is 610 g/mol. The molecule has 0 N–H and O–H groups in total. The van der Waals surface area contributed by atoms with E-state index in [0.717, 1.165) is 6.16 Å². The maximum atomic E-state index is 3.94. The molecule has 0 bridgehead atoms. The summed E-state index contributed by atoms with van der Waals surface area (Å²) in [7, 11) is -2.01. The summed E-state index contributed by atoms with van der Waals surface area (Å²) in [5.74, 6) is 0. The number of fused-ring (bicyclic) bond motifs is 2. The molecule has 6 aromatic carbocycles. The summed E-state index contributed by atoms with van der Waals surface area (Å²) >= 11 is 3.94. The van der Waals surface area contributed by atoms with E-state index in [-0.39, 0.29) is 17.0 Å². The standard InChI is InChI=1S/C33H25BrP.BrH/c34-33-30-22-12-10-20-28(30)32(29-21-11-13-23-31(29)33)24-35(25-14-4-1-5-15-25,26-16-6-2-7-17-26)27-18-8-3-9-19-27;/h1-23H,24H2;1H/q+1;/p-1. The second kappa shape index (κ2) is 10.7. The first kappa shape index (κ1) is 24.9. The largest absolute Gasteiger partial charge is 1.00 e. The van der Waals surface area contributed by atoms with Crippen molar-refractivity contribution in [2.24, 2.45) is 0 Å². The molecule has 6 aromatic rings. The van der Waals surface area contributed by atoms with Gasteiger partial charge in [0.15, 0.2) is 0 Å². The van der Waals surface area contributed by atoms with Gasteiger partial charge in [0.2, 0.25) is 0 Å². The predicted octanol–water partition coefficient (Wildman–Crippen LogP) is 5.25. The summed E-state index contributed by atoms with van der Waals surface area (Å²) in [4.78, 5) is 0. The molecular weight excluding hydrogens is 587 g/mol. The fraction of sp³-hybridized carbons (Fsp3) is 0.0303. The third kappa shape index (κ3) is 4.22. The van der Waals surface area contributed by atoms with Crippen LogP contribution in [0.1, 0.15) is 5.56 Å². The summed E-state index contributed by atoms with van der Waals surface area (Å²) in [6.07, 6.45) is 0.958. The molecule has 0 fully saturated rings. The number of halogens is 2. The summed E-state index contributed by atoms with van der Waals surface area (Å²) in [6, 6.07) is 51.2. The van der Waals surface area contributed by atoms with Crippen LogP contribution in [-0.4, -0.2) is 0 Å². The van der Waals surface area contributed by atoms with Crippen molar-refractivity contribution in [2.75, 3.05) is 0 Å². The van der Waals surface area contributed by atoms with Gasteiger partial charge in [0.05, 0.1) is 6.16 Å². The molecule has 0 aliphatic carbocycles. The highest BCUT2D eigenvalue weighted by atomic mass is 79.9. The Bertz CT molecular complexity index is 1460. The van der Waals surface area contributed by atoms with Gasteiger partial charge in [-0.05, 0) is 73.9 Å². The summed E-state index contributed by atoms with van der Waals surface area (Å²) in [5, 5.41) is 9.42. The first-order chi connectivity index (χ1) is 17.3. The van der Waals surface area contributed by atoms with Crippen LogP contribution in [0.5, 0.6) is 0 Å². The van der Waals surface area contributed by atoms with E-state index in [9.17, 15) is 0 Å². The minimum Gasteiger partial charge on any atom is -1.00 e. The number of benzene rings is 6. The number of hydrogen-bond donors (Lipinski definition) is 0. The van der Waals surface area contributed by atoms with Crippen LogP contribution in [0.25, 0.3) is 21.5 Å². The second-order valence-corrected chi connectivity index (χ2v) is 13.1. The Kier molecular flexibility index (Phi) is 7.39. The molecule has 176 valence electrons. The van der Waals surface area contributed by atoms with Gasteiger partial charge in [-0.25, -0.2) is 0 Å². The zero-order valence-electron chi connectivity index (χ0n) is 19.7. The van der Waals surface area contributed by atoms with Gasteiger partial charge >= 0.3 is 0 Å². The van der Waals surface area contributed by atoms with Crippen LogP contribution < -0.4 is 32.9 Å². The van der Waals surface area contributed by atoms with Crippen LogP contribution in [-0.2, 0) is 6.16 Å².